The average Bonchev–Trinajstić information content (AvgIpc) is 2.71. The Balaban J connectivity index is 1.70. The Morgan fingerprint density at radius 3 is 1.89 bits per heavy atom. The molecular weight excluding hydrogens is 366 g/mol. The predicted molar refractivity (Wildman–Crippen MR) is 102 cm³/mol. The van der Waals surface area contributed by atoms with Gasteiger partial charge in [-0.2, -0.15) is 0 Å². The highest BCUT2D eigenvalue weighted by Gasteiger charge is 2.14. The van der Waals surface area contributed by atoms with Crippen LogP contribution in [0.5, 0.6) is 5.75 Å². The zero-order valence-corrected chi connectivity index (χ0v) is 14.8. The number of amides is 2. The molecule has 0 saturated carbocycles. The van der Waals surface area contributed by atoms with E-state index in [0.29, 0.717) is 17.0 Å². The van der Waals surface area contributed by atoms with Gasteiger partial charge in [-0.05, 0) is 48.5 Å². The molecule has 0 aliphatic heterocycles. The standard InChI is InChI=1S/C21H16F2N2O3/c1-28-16-5-2-4-15(12-16)24-20(26)13-8-10-14(11-9-13)21(27)25-19-17(22)6-3-7-18(19)23/h2-12H,1H3,(H,24,26)(H,25,27). The Kier molecular flexibility index (Phi) is 5.64. The molecule has 142 valence electrons. The van der Waals surface area contributed by atoms with Gasteiger partial charge in [0.05, 0.1) is 7.11 Å². The van der Waals surface area contributed by atoms with Crippen molar-refractivity contribution in [1.29, 1.82) is 0 Å². The molecular formula is C21H16F2N2O3. The summed E-state index contributed by atoms with van der Waals surface area (Å²) in [6.45, 7) is 0. The minimum Gasteiger partial charge on any atom is -0.497 e. The second kappa shape index (κ2) is 8.30. The fraction of sp³-hybridized carbons (Fsp3) is 0.0476. The van der Waals surface area contributed by atoms with E-state index in [4.69, 9.17) is 4.74 Å². The number of nitrogens with one attached hydrogen (secondary N) is 2. The van der Waals surface area contributed by atoms with E-state index in [-0.39, 0.29) is 11.5 Å². The van der Waals surface area contributed by atoms with Crippen LogP contribution in [0.4, 0.5) is 20.2 Å². The Hall–Kier alpha value is -3.74. The van der Waals surface area contributed by atoms with Crippen molar-refractivity contribution in [3.05, 3.63) is 89.5 Å². The van der Waals surface area contributed by atoms with Crippen LogP contribution in [0.15, 0.2) is 66.7 Å². The van der Waals surface area contributed by atoms with Crippen LogP contribution < -0.4 is 15.4 Å². The molecule has 0 saturated heterocycles. The third-order valence-electron chi connectivity index (χ3n) is 3.94. The molecule has 5 nitrogen and oxygen atoms in total. The summed E-state index contributed by atoms with van der Waals surface area (Å²) in [6, 6.07) is 15.9. The Morgan fingerprint density at radius 1 is 0.786 bits per heavy atom. The lowest BCUT2D eigenvalue weighted by Crippen LogP contribution is -2.15. The van der Waals surface area contributed by atoms with E-state index in [1.807, 2.05) is 0 Å². The molecule has 0 atom stereocenters. The number of ether oxygens (including phenoxy) is 1. The molecule has 2 amide bonds. The largest absolute Gasteiger partial charge is 0.497 e. The van der Waals surface area contributed by atoms with Gasteiger partial charge in [0.15, 0.2) is 0 Å². The first-order valence-electron chi connectivity index (χ1n) is 8.29. The zero-order valence-electron chi connectivity index (χ0n) is 14.8. The second-order valence-electron chi connectivity index (χ2n) is 5.81. The molecule has 28 heavy (non-hydrogen) atoms. The molecule has 0 heterocycles. The highest BCUT2D eigenvalue weighted by Crippen LogP contribution is 2.20. The monoisotopic (exact) mass is 382 g/mol. The quantitative estimate of drug-likeness (QED) is 0.684. The van der Waals surface area contributed by atoms with Gasteiger partial charge >= 0.3 is 0 Å². The number of rotatable bonds is 5. The Morgan fingerprint density at radius 2 is 1.32 bits per heavy atom. The number of benzene rings is 3. The third-order valence-corrected chi connectivity index (χ3v) is 3.94. The minimum absolute atomic E-state index is 0.153. The summed E-state index contributed by atoms with van der Waals surface area (Å²) in [7, 11) is 1.53. The number of methoxy groups -OCH3 is 1. The summed E-state index contributed by atoms with van der Waals surface area (Å²) in [4.78, 5) is 24.5. The van der Waals surface area contributed by atoms with Gasteiger partial charge in [-0.25, -0.2) is 8.78 Å². The first-order chi connectivity index (χ1) is 13.5. The molecule has 3 aromatic carbocycles. The summed E-state index contributed by atoms with van der Waals surface area (Å²) in [5.41, 5.74) is 0.505. The van der Waals surface area contributed by atoms with Gasteiger partial charge in [-0.3, -0.25) is 9.59 Å². The Labute approximate surface area is 160 Å². The van der Waals surface area contributed by atoms with E-state index in [9.17, 15) is 18.4 Å². The van der Waals surface area contributed by atoms with Crippen LogP contribution in [0, 0.1) is 11.6 Å². The average molecular weight is 382 g/mol. The van der Waals surface area contributed by atoms with Crippen molar-refractivity contribution in [2.45, 2.75) is 0 Å². The van der Waals surface area contributed by atoms with E-state index in [1.54, 1.807) is 24.3 Å². The van der Waals surface area contributed by atoms with Crippen LogP contribution in [-0.4, -0.2) is 18.9 Å². The number of hydrogen-bond acceptors (Lipinski definition) is 3. The molecule has 0 aromatic heterocycles. The minimum atomic E-state index is -0.873. The fourth-order valence-corrected chi connectivity index (χ4v) is 2.48. The third kappa shape index (κ3) is 4.32. The zero-order chi connectivity index (χ0) is 20.1. The van der Waals surface area contributed by atoms with Gasteiger partial charge in [0.25, 0.3) is 11.8 Å². The van der Waals surface area contributed by atoms with Crippen molar-refractivity contribution in [3.8, 4) is 5.75 Å². The molecule has 0 bridgehead atoms. The lowest BCUT2D eigenvalue weighted by Gasteiger charge is -2.09. The van der Waals surface area contributed by atoms with Crippen LogP contribution in [-0.2, 0) is 0 Å². The van der Waals surface area contributed by atoms with Gasteiger partial charge in [-0.1, -0.05) is 12.1 Å². The lowest BCUT2D eigenvalue weighted by atomic mass is 10.1. The van der Waals surface area contributed by atoms with E-state index in [1.165, 1.54) is 37.4 Å². The van der Waals surface area contributed by atoms with Crippen molar-refractivity contribution < 1.29 is 23.1 Å². The summed E-state index contributed by atoms with van der Waals surface area (Å²) >= 11 is 0. The number of anilines is 2. The molecule has 0 spiro atoms. The molecule has 3 rings (SSSR count). The Bertz CT molecular complexity index is 1000. The van der Waals surface area contributed by atoms with Crippen LogP contribution in [0.1, 0.15) is 20.7 Å². The van der Waals surface area contributed by atoms with E-state index in [2.05, 4.69) is 10.6 Å². The first-order valence-corrected chi connectivity index (χ1v) is 8.29. The molecule has 3 aromatic rings. The molecule has 7 heteroatoms. The van der Waals surface area contributed by atoms with E-state index in [0.717, 1.165) is 12.1 Å². The van der Waals surface area contributed by atoms with Crippen LogP contribution in [0.25, 0.3) is 0 Å². The lowest BCUT2D eigenvalue weighted by molar-refractivity contribution is 0.101. The first kappa shape index (κ1) is 19.0. The normalized spacial score (nSPS) is 10.2. The molecule has 0 aliphatic carbocycles. The van der Waals surface area contributed by atoms with Gasteiger partial charge in [-0.15, -0.1) is 0 Å². The van der Waals surface area contributed by atoms with Gasteiger partial charge in [0.1, 0.15) is 23.1 Å². The fourth-order valence-electron chi connectivity index (χ4n) is 2.48. The smallest absolute Gasteiger partial charge is 0.255 e. The van der Waals surface area contributed by atoms with Crippen LogP contribution in [0.2, 0.25) is 0 Å². The topological polar surface area (TPSA) is 67.4 Å². The summed E-state index contributed by atoms with van der Waals surface area (Å²) in [5.74, 6) is -2.21. The molecule has 2 N–H and O–H groups in total. The number of halogens is 2. The van der Waals surface area contributed by atoms with Gasteiger partial charge in [0.2, 0.25) is 0 Å². The van der Waals surface area contributed by atoms with Crippen molar-refractivity contribution in [2.75, 3.05) is 17.7 Å². The maximum Gasteiger partial charge on any atom is 0.255 e. The van der Waals surface area contributed by atoms with E-state index < -0.39 is 23.2 Å². The number of carbonyl (C=O) groups excluding carboxylic acids is 2. The van der Waals surface area contributed by atoms with Gasteiger partial charge < -0.3 is 15.4 Å². The highest BCUT2D eigenvalue weighted by atomic mass is 19.1. The van der Waals surface area contributed by atoms with Crippen LogP contribution >= 0.6 is 0 Å². The van der Waals surface area contributed by atoms with Crippen molar-refractivity contribution >= 4 is 23.2 Å². The maximum absolute atomic E-state index is 13.6. The van der Waals surface area contributed by atoms with Crippen molar-refractivity contribution in [2.24, 2.45) is 0 Å². The van der Waals surface area contributed by atoms with E-state index >= 15 is 0 Å². The molecule has 0 aliphatic rings. The molecule has 0 fully saturated rings. The maximum atomic E-state index is 13.6. The SMILES string of the molecule is COc1cccc(NC(=O)c2ccc(C(=O)Nc3c(F)cccc3F)cc2)c1. The number of carbonyl (C=O) groups is 2. The molecule has 0 unspecified atom stereocenters. The predicted octanol–water partition coefficient (Wildman–Crippen LogP) is 4.48. The molecule has 0 radical (unpaired) electrons. The highest BCUT2D eigenvalue weighted by molar-refractivity contribution is 6.07. The van der Waals surface area contributed by atoms with Gasteiger partial charge in [0, 0.05) is 22.9 Å². The second-order valence-corrected chi connectivity index (χ2v) is 5.81. The van der Waals surface area contributed by atoms with Crippen molar-refractivity contribution in [3.63, 3.8) is 0 Å². The summed E-state index contributed by atoms with van der Waals surface area (Å²) < 4.78 is 32.4. The number of hydrogen-bond donors (Lipinski definition) is 2. The van der Waals surface area contributed by atoms with Crippen molar-refractivity contribution in [1.82, 2.24) is 0 Å². The summed E-state index contributed by atoms with van der Waals surface area (Å²) in [6.07, 6.45) is 0. The summed E-state index contributed by atoms with van der Waals surface area (Å²) in [5, 5.41) is 4.91. The number of para-hydroxylation sites is 1. The van der Waals surface area contributed by atoms with Crippen LogP contribution in [0.3, 0.4) is 0 Å².